The first-order valence-electron chi connectivity index (χ1n) is 8.74. The number of urea groups is 1. The first-order chi connectivity index (χ1) is 11.8. The van der Waals surface area contributed by atoms with E-state index < -0.39 is 9.84 Å². The molecule has 1 aromatic carbocycles. The van der Waals surface area contributed by atoms with E-state index in [2.05, 4.69) is 5.32 Å². The molecular weight excluding hydrogens is 343 g/mol. The second kappa shape index (κ2) is 6.94. The number of piperidine rings is 1. The molecular formula is C18H25FN2O3S. The van der Waals surface area contributed by atoms with Gasteiger partial charge in [0.15, 0.2) is 0 Å². The molecule has 5 nitrogen and oxygen atoms in total. The monoisotopic (exact) mass is 368 g/mol. The van der Waals surface area contributed by atoms with Crippen molar-refractivity contribution in [2.45, 2.75) is 31.1 Å². The number of carbonyl (C=O) groups is 1. The third kappa shape index (κ3) is 4.71. The zero-order chi connectivity index (χ0) is 18.1. The molecule has 3 rings (SSSR count). The zero-order valence-electron chi connectivity index (χ0n) is 14.5. The number of amides is 2. The molecule has 1 heterocycles. The molecule has 1 aliphatic carbocycles. The minimum atomic E-state index is -3.03. The molecule has 1 aliphatic heterocycles. The van der Waals surface area contributed by atoms with Gasteiger partial charge in [-0.2, -0.15) is 0 Å². The van der Waals surface area contributed by atoms with Gasteiger partial charge in [0.25, 0.3) is 0 Å². The van der Waals surface area contributed by atoms with Gasteiger partial charge >= 0.3 is 6.03 Å². The maximum Gasteiger partial charge on any atom is 0.317 e. The third-order valence-corrected chi connectivity index (χ3v) is 6.31. The predicted octanol–water partition coefficient (Wildman–Crippen LogP) is 2.32. The van der Waals surface area contributed by atoms with Gasteiger partial charge in [-0.1, -0.05) is 12.1 Å². The Morgan fingerprint density at radius 1 is 1.32 bits per heavy atom. The van der Waals surface area contributed by atoms with Crippen molar-refractivity contribution in [3.05, 3.63) is 35.6 Å². The van der Waals surface area contributed by atoms with Gasteiger partial charge < -0.3 is 10.2 Å². The summed E-state index contributed by atoms with van der Waals surface area (Å²) in [7, 11) is -3.03. The van der Waals surface area contributed by atoms with Crippen LogP contribution in [0.3, 0.4) is 0 Å². The highest BCUT2D eigenvalue weighted by atomic mass is 32.2. The number of hydrogen-bond acceptors (Lipinski definition) is 3. The van der Waals surface area contributed by atoms with Crippen LogP contribution >= 0.6 is 0 Å². The third-order valence-electron chi connectivity index (χ3n) is 5.23. The molecule has 2 aliphatic rings. The summed E-state index contributed by atoms with van der Waals surface area (Å²) in [6, 6.07) is 6.36. The lowest BCUT2D eigenvalue weighted by molar-refractivity contribution is 0.169. The van der Waals surface area contributed by atoms with Gasteiger partial charge in [0.05, 0.1) is 5.75 Å². The van der Waals surface area contributed by atoms with Crippen LogP contribution in [0.25, 0.3) is 0 Å². The van der Waals surface area contributed by atoms with Crippen molar-refractivity contribution >= 4 is 15.9 Å². The van der Waals surface area contributed by atoms with Crippen molar-refractivity contribution in [1.82, 2.24) is 10.2 Å². The number of likely N-dealkylation sites (tertiary alicyclic amines) is 1. The smallest absolute Gasteiger partial charge is 0.317 e. The number of nitrogens with zero attached hydrogens (tertiary/aromatic N) is 1. The fraction of sp³-hybridized carbons (Fsp3) is 0.611. The zero-order valence-corrected chi connectivity index (χ0v) is 15.3. The van der Waals surface area contributed by atoms with Gasteiger partial charge in [-0.25, -0.2) is 17.6 Å². The van der Waals surface area contributed by atoms with Gasteiger partial charge in [-0.3, -0.25) is 0 Å². The van der Waals surface area contributed by atoms with Crippen molar-refractivity contribution in [3.8, 4) is 0 Å². The van der Waals surface area contributed by atoms with E-state index in [4.69, 9.17) is 0 Å². The van der Waals surface area contributed by atoms with Crippen LogP contribution in [0.2, 0.25) is 0 Å². The molecule has 1 saturated carbocycles. The van der Waals surface area contributed by atoms with Gasteiger partial charge in [0.2, 0.25) is 0 Å². The van der Waals surface area contributed by atoms with Crippen molar-refractivity contribution in [2.75, 3.05) is 31.6 Å². The summed E-state index contributed by atoms with van der Waals surface area (Å²) < 4.78 is 36.0. The molecule has 0 aromatic heterocycles. The average Bonchev–Trinajstić information content (AvgIpc) is 3.33. The van der Waals surface area contributed by atoms with Gasteiger partial charge in [-0.15, -0.1) is 0 Å². The summed E-state index contributed by atoms with van der Waals surface area (Å²) in [5.74, 6) is -0.105. The van der Waals surface area contributed by atoms with Crippen molar-refractivity contribution in [3.63, 3.8) is 0 Å². The molecule has 0 radical (unpaired) electrons. The molecule has 0 spiro atoms. The van der Waals surface area contributed by atoms with E-state index in [0.717, 1.165) is 31.2 Å². The minimum absolute atomic E-state index is 0.0153. The lowest BCUT2D eigenvalue weighted by atomic mass is 9.96. The van der Waals surface area contributed by atoms with Crippen LogP contribution in [0.5, 0.6) is 0 Å². The number of benzene rings is 1. The van der Waals surface area contributed by atoms with Crippen molar-refractivity contribution < 1.29 is 17.6 Å². The fourth-order valence-corrected chi connectivity index (χ4v) is 4.82. The van der Waals surface area contributed by atoms with Crippen LogP contribution in [0.1, 0.15) is 31.2 Å². The van der Waals surface area contributed by atoms with Gasteiger partial charge in [-0.05, 0) is 49.3 Å². The molecule has 7 heteroatoms. The maximum atomic E-state index is 13.1. The number of hydrogen-bond donors (Lipinski definition) is 1. The Kier molecular flexibility index (Phi) is 5.04. The van der Waals surface area contributed by atoms with E-state index in [1.807, 2.05) is 0 Å². The molecule has 2 amide bonds. The van der Waals surface area contributed by atoms with Crippen LogP contribution in [-0.2, 0) is 15.3 Å². The van der Waals surface area contributed by atoms with E-state index in [1.165, 1.54) is 18.4 Å². The number of halogens is 1. The van der Waals surface area contributed by atoms with E-state index in [0.29, 0.717) is 19.6 Å². The molecule has 2 fully saturated rings. The van der Waals surface area contributed by atoms with Crippen LogP contribution in [-0.4, -0.2) is 51.0 Å². The summed E-state index contributed by atoms with van der Waals surface area (Å²) >= 11 is 0. The second-order valence-corrected chi connectivity index (χ2v) is 9.68. The normalized spacial score (nSPS) is 22.5. The average molecular weight is 368 g/mol. The quantitative estimate of drug-likeness (QED) is 0.867. The minimum Gasteiger partial charge on any atom is -0.337 e. The number of nitrogens with one attached hydrogen (secondary N) is 1. The lowest BCUT2D eigenvalue weighted by Crippen LogP contribution is -2.48. The summed E-state index contributed by atoms with van der Waals surface area (Å²) in [5.41, 5.74) is 0.980. The largest absolute Gasteiger partial charge is 0.337 e. The Balaban J connectivity index is 1.54. The fourth-order valence-electron chi connectivity index (χ4n) is 3.69. The summed E-state index contributed by atoms with van der Waals surface area (Å²) in [6.07, 6.45) is 4.88. The predicted molar refractivity (Wildman–Crippen MR) is 94.7 cm³/mol. The SMILES string of the molecule is CS(=O)(=O)CC1CCCN(C(=O)NCC2(c3ccc(F)cc3)CC2)C1. The highest BCUT2D eigenvalue weighted by Crippen LogP contribution is 2.47. The Morgan fingerprint density at radius 3 is 2.60 bits per heavy atom. The molecule has 1 unspecified atom stereocenters. The Hall–Kier alpha value is -1.63. The summed E-state index contributed by atoms with van der Waals surface area (Å²) in [5, 5.41) is 3.00. The Labute approximate surface area is 148 Å². The lowest BCUT2D eigenvalue weighted by Gasteiger charge is -2.33. The highest BCUT2D eigenvalue weighted by Gasteiger charge is 2.44. The van der Waals surface area contributed by atoms with Gasteiger partial charge in [0.1, 0.15) is 15.7 Å². The summed E-state index contributed by atoms with van der Waals surface area (Å²) in [6.45, 7) is 1.68. The summed E-state index contributed by atoms with van der Waals surface area (Å²) in [4.78, 5) is 14.2. The molecule has 1 N–H and O–H groups in total. The molecule has 1 saturated heterocycles. The highest BCUT2D eigenvalue weighted by molar-refractivity contribution is 7.90. The number of sulfone groups is 1. The van der Waals surface area contributed by atoms with E-state index >= 15 is 0 Å². The number of carbonyl (C=O) groups excluding carboxylic acids is 1. The standard InChI is InChI=1S/C18H25FN2O3S/c1-25(23,24)12-14-3-2-10-21(11-14)17(22)20-13-18(8-9-18)15-4-6-16(19)7-5-15/h4-7,14H,2-3,8-13H2,1H3,(H,20,22). The Bertz CT molecular complexity index is 729. The van der Waals surface area contributed by atoms with Gasteiger partial charge in [0, 0.05) is 31.3 Å². The Morgan fingerprint density at radius 2 is 2.00 bits per heavy atom. The molecule has 138 valence electrons. The van der Waals surface area contributed by atoms with Crippen LogP contribution < -0.4 is 5.32 Å². The molecule has 1 atom stereocenters. The van der Waals surface area contributed by atoms with Crippen LogP contribution in [0.15, 0.2) is 24.3 Å². The second-order valence-electron chi connectivity index (χ2n) is 7.49. The van der Waals surface area contributed by atoms with Crippen molar-refractivity contribution in [2.24, 2.45) is 5.92 Å². The maximum absolute atomic E-state index is 13.1. The molecule has 25 heavy (non-hydrogen) atoms. The first kappa shape index (κ1) is 18.2. The van der Waals surface area contributed by atoms with Crippen LogP contribution in [0.4, 0.5) is 9.18 Å². The van der Waals surface area contributed by atoms with E-state index in [9.17, 15) is 17.6 Å². The number of rotatable bonds is 5. The molecule has 1 aromatic rings. The van der Waals surface area contributed by atoms with E-state index in [1.54, 1.807) is 17.0 Å². The topological polar surface area (TPSA) is 66.5 Å². The van der Waals surface area contributed by atoms with Crippen molar-refractivity contribution in [1.29, 1.82) is 0 Å². The molecule has 0 bridgehead atoms. The van der Waals surface area contributed by atoms with E-state index in [-0.39, 0.29) is 28.9 Å². The van der Waals surface area contributed by atoms with Crippen LogP contribution in [0, 0.1) is 11.7 Å². The first-order valence-corrected chi connectivity index (χ1v) is 10.8.